The topological polar surface area (TPSA) is 83.5 Å². The first kappa shape index (κ1) is 11.9. The largest absolute Gasteiger partial charge is 0.508 e. The summed E-state index contributed by atoms with van der Waals surface area (Å²) < 4.78 is 0. The van der Waals surface area contributed by atoms with Crippen LogP contribution < -0.4 is 5.73 Å². The number of thioether (sulfide) groups is 1. The quantitative estimate of drug-likeness (QED) is 0.700. The predicted molar refractivity (Wildman–Crippen MR) is 59.9 cm³/mol. The van der Waals surface area contributed by atoms with Crippen LogP contribution in [-0.2, 0) is 10.5 Å². The molecule has 1 atom stereocenters. The van der Waals surface area contributed by atoms with Crippen LogP contribution in [0.1, 0.15) is 5.56 Å². The molecule has 1 rings (SSSR count). The molecule has 0 saturated heterocycles. The minimum Gasteiger partial charge on any atom is -0.508 e. The average molecular weight is 227 g/mol. The Hall–Kier alpha value is -1.20. The van der Waals surface area contributed by atoms with E-state index in [0.29, 0.717) is 11.5 Å². The van der Waals surface area contributed by atoms with E-state index in [0.717, 1.165) is 5.56 Å². The zero-order valence-corrected chi connectivity index (χ0v) is 8.91. The third-order valence-corrected chi connectivity index (χ3v) is 2.93. The molecule has 0 aromatic heterocycles. The SMILES string of the molecule is NC(CSCc1cccc(O)c1)C(=O)O. The standard InChI is InChI=1S/C10H13NO3S/c11-9(10(13)14)6-15-5-7-2-1-3-8(12)4-7/h1-4,9,12H,5-6,11H2,(H,13,14). The number of carboxylic acids is 1. The van der Waals surface area contributed by atoms with Crippen molar-refractivity contribution in [3.05, 3.63) is 29.8 Å². The number of rotatable bonds is 5. The van der Waals surface area contributed by atoms with Gasteiger partial charge in [0.1, 0.15) is 11.8 Å². The smallest absolute Gasteiger partial charge is 0.321 e. The number of carboxylic acid groups (broad SMARTS) is 1. The molecule has 0 heterocycles. The molecular formula is C10H13NO3S. The number of nitrogens with two attached hydrogens (primary N) is 1. The Bertz CT molecular complexity index is 343. The van der Waals surface area contributed by atoms with Crippen molar-refractivity contribution in [1.82, 2.24) is 0 Å². The third-order valence-electron chi connectivity index (χ3n) is 1.79. The van der Waals surface area contributed by atoms with Crippen molar-refractivity contribution >= 4 is 17.7 Å². The van der Waals surface area contributed by atoms with Crippen molar-refractivity contribution in [1.29, 1.82) is 0 Å². The normalized spacial score (nSPS) is 12.3. The Morgan fingerprint density at radius 2 is 2.27 bits per heavy atom. The van der Waals surface area contributed by atoms with Crippen molar-refractivity contribution in [2.75, 3.05) is 5.75 Å². The van der Waals surface area contributed by atoms with E-state index in [9.17, 15) is 9.90 Å². The molecule has 4 nitrogen and oxygen atoms in total. The molecular weight excluding hydrogens is 214 g/mol. The number of carbonyl (C=O) groups is 1. The predicted octanol–water partition coefficient (Wildman–Crippen LogP) is 1.04. The van der Waals surface area contributed by atoms with Crippen LogP contribution in [0, 0.1) is 0 Å². The Kier molecular flexibility index (Phi) is 4.45. The van der Waals surface area contributed by atoms with Crippen molar-refractivity contribution in [3.8, 4) is 5.75 Å². The highest BCUT2D eigenvalue weighted by molar-refractivity contribution is 7.98. The minimum absolute atomic E-state index is 0.218. The van der Waals surface area contributed by atoms with E-state index in [-0.39, 0.29) is 5.75 Å². The summed E-state index contributed by atoms with van der Waals surface area (Å²) >= 11 is 1.43. The van der Waals surface area contributed by atoms with Gasteiger partial charge in [-0.15, -0.1) is 0 Å². The lowest BCUT2D eigenvalue weighted by atomic mass is 10.2. The van der Waals surface area contributed by atoms with E-state index < -0.39 is 12.0 Å². The van der Waals surface area contributed by atoms with Crippen molar-refractivity contribution < 1.29 is 15.0 Å². The second-order valence-electron chi connectivity index (χ2n) is 3.13. The fourth-order valence-electron chi connectivity index (χ4n) is 1.02. The molecule has 0 fully saturated rings. The van der Waals surface area contributed by atoms with Crippen LogP contribution in [0.4, 0.5) is 0 Å². The molecule has 0 radical (unpaired) electrons. The molecule has 82 valence electrons. The summed E-state index contributed by atoms with van der Waals surface area (Å²) in [7, 11) is 0. The third kappa shape index (κ3) is 4.22. The van der Waals surface area contributed by atoms with E-state index in [1.54, 1.807) is 18.2 Å². The summed E-state index contributed by atoms with van der Waals surface area (Å²) in [5.41, 5.74) is 6.30. The molecule has 0 amide bonds. The molecule has 0 bridgehead atoms. The highest BCUT2D eigenvalue weighted by atomic mass is 32.2. The second kappa shape index (κ2) is 5.63. The van der Waals surface area contributed by atoms with Crippen LogP contribution in [-0.4, -0.2) is 28.0 Å². The number of phenolic OH excluding ortho intramolecular Hbond substituents is 1. The van der Waals surface area contributed by atoms with Gasteiger partial charge in [-0.25, -0.2) is 0 Å². The summed E-state index contributed by atoms with van der Waals surface area (Å²) in [4.78, 5) is 10.4. The van der Waals surface area contributed by atoms with Gasteiger partial charge < -0.3 is 15.9 Å². The Balaban J connectivity index is 2.35. The molecule has 0 aliphatic carbocycles. The van der Waals surface area contributed by atoms with Gasteiger partial charge in [0.05, 0.1) is 0 Å². The zero-order valence-electron chi connectivity index (χ0n) is 8.09. The van der Waals surface area contributed by atoms with Gasteiger partial charge in [0.2, 0.25) is 0 Å². The van der Waals surface area contributed by atoms with Crippen LogP contribution >= 0.6 is 11.8 Å². The average Bonchev–Trinajstić information content (AvgIpc) is 2.17. The molecule has 4 N–H and O–H groups in total. The van der Waals surface area contributed by atoms with Crippen LogP contribution in [0.5, 0.6) is 5.75 Å². The number of aromatic hydroxyl groups is 1. The Morgan fingerprint density at radius 1 is 1.53 bits per heavy atom. The van der Waals surface area contributed by atoms with Gasteiger partial charge in [-0.3, -0.25) is 4.79 Å². The lowest BCUT2D eigenvalue weighted by molar-refractivity contribution is -0.137. The van der Waals surface area contributed by atoms with E-state index in [4.69, 9.17) is 10.8 Å². The van der Waals surface area contributed by atoms with Crippen LogP contribution in [0.3, 0.4) is 0 Å². The zero-order chi connectivity index (χ0) is 11.3. The molecule has 1 aromatic carbocycles. The number of benzene rings is 1. The summed E-state index contributed by atoms with van der Waals surface area (Å²) in [6, 6.07) is 6.05. The van der Waals surface area contributed by atoms with E-state index >= 15 is 0 Å². The lowest BCUT2D eigenvalue weighted by Crippen LogP contribution is -2.32. The van der Waals surface area contributed by atoms with Gasteiger partial charge >= 0.3 is 5.97 Å². The first-order valence-electron chi connectivity index (χ1n) is 4.43. The molecule has 0 saturated carbocycles. The van der Waals surface area contributed by atoms with Gasteiger partial charge in [-0.2, -0.15) is 11.8 Å². The molecule has 1 unspecified atom stereocenters. The second-order valence-corrected chi connectivity index (χ2v) is 4.16. The van der Waals surface area contributed by atoms with Crippen LogP contribution in [0.15, 0.2) is 24.3 Å². The van der Waals surface area contributed by atoms with Gasteiger partial charge in [0, 0.05) is 11.5 Å². The summed E-state index contributed by atoms with van der Waals surface area (Å²) in [6.07, 6.45) is 0. The lowest BCUT2D eigenvalue weighted by Gasteiger charge is -2.06. The van der Waals surface area contributed by atoms with Gasteiger partial charge in [0.15, 0.2) is 0 Å². The van der Waals surface area contributed by atoms with Crippen molar-refractivity contribution in [2.45, 2.75) is 11.8 Å². The van der Waals surface area contributed by atoms with Crippen molar-refractivity contribution in [2.24, 2.45) is 5.73 Å². The van der Waals surface area contributed by atoms with Gasteiger partial charge in [0.25, 0.3) is 0 Å². The van der Waals surface area contributed by atoms with E-state index in [1.165, 1.54) is 11.8 Å². The first-order chi connectivity index (χ1) is 7.09. The maximum absolute atomic E-state index is 10.4. The van der Waals surface area contributed by atoms with Gasteiger partial charge in [-0.05, 0) is 17.7 Å². The Labute approximate surface area is 92.1 Å². The summed E-state index contributed by atoms with van der Waals surface area (Å²) in [6.45, 7) is 0. The first-order valence-corrected chi connectivity index (χ1v) is 5.59. The molecule has 0 aliphatic heterocycles. The molecule has 0 aliphatic rings. The Morgan fingerprint density at radius 3 is 2.87 bits per heavy atom. The van der Waals surface area contributed by atoms with Gasteiger partial charge in [-0.1, -0.05) is 12.1 Å². The molecule has 1 aromatic rings. The number of hydrogen-bond acceptors (Lipinski definition) is 4. The molecule has 5 heteroatoms. The maximum atomic E-state index is 10.4. The fourth-order valence-corrected chi connectivity index (χ4v) is 1.95. The number of phenols is 1. The summed E-state index contributed by atoms with van der Waals surface area (Å²) in [5, 5.41) is 17.7. The van der Waals surface area contributed by atoms with Crippen molar-refractivity contribution in [3.63, 3.8) is 0 Å². The van der Waals surface area contributed by atoms with E-state index in [2.05, 4.69) is 0 Å². The maximum Gasteiger partial charge on any atom is 0.321 e. The minimum atomic E-state index is -0.988. The molecule has 15 heavy (non-hydrogen) atoms. The number of aliphatic carboxylic acids is 1. The summed E-state index contributed by atoms with van der Waals surface area (Å²) in [5.74, 6) is 0.245. The van der Waals surface area contributed by atoms with E-state index in [1.807, 2.05) is 6.07 Å². The highest BCUT2D eigenvalue weighted by Crippen LogP contribution is 2.17. The fraction of sp³-hybridized carbons (Fsp3) is 0.300. The molecule has 0 spiro atoms. The monoisotopic (exact) mass is 227 g/mol. The number of hydrogen-bond donors (Lipinski definition) is 3. The van der Waals surface area contributed by atoms with Crippen LogP contribution in [0.2, 0.25) is 0 Å². The van der Waals surface area contributed by atoms with Crippen LogP contribution in [0.25, 0.3) is 0 Å². The highest BCUT2D eigenvalue weighted by Gasteiger charge is 2.10.